The first kappa shape index (κ1) is 13.8. The molecule has 0 saturated carbocycles. The second kappa shape index (κ2) is 5.16. The topological polar surface area (TPSA) is 89.3 Å². The molecular weight excluding hydrogens is 312 g/mol. The number of anilines is 1. The number of halogens is 1. The molecule has 19 heavy (non-hydrogen) atoms. The maximum absolute atomic E-state index is 12.1. The summed E-state index contributed by atoms with van der Waals surface area (Å²) in [5.74, 6) is 0. The largest absolute Gasteiger partial charge is 0.279 e. The number of nitro groups is 1. The molecule has 6 nitrogen and oxygen atoms in total. The third kappa shape index (κ3) is 3.03. The predicted octanol–water partition coefficient (Wildman–Crippen LogP) is 3.11. The Morgan fingerprint density at radius 3 is 2.63 bits per heavy atom. The maximum Gasteiger partial charge on any atom is 0.270 e. The van der Waals surface area contributed by atoms with E-state index in [4.69, 9.17) is 11.6 Å². The highest BCUT2D eigenvalue weighted by molar-refractivity contribution is 7.92. The Hall–Kier alpha value is -1.64. The van der Waals surface area contributed by atoms with Crippen LogP contribution in [0.4, 0.5) is 11.4 Å². The third-order valence-electron chi connectivity index (χ3n) is 2.19. The number of non-ortho nitro benzene ring substituents is 1. The van der Waals surface area contributed by atoms with Crippen LogP contribution in [0.3, 0.4) is 0 Å². The Morgan fingerprint density at radius 2 is 2.05 bits per heavy atom. The normalized spacial score (nSPS) is 11.2. The summed E-state index contributed by atoms with van der Waals surface area (Å²) in [5, 5.41) is 13.9. The summed E-state index contributed by atoms with van der Waals surface area (Å²) in [5.41, 5.74) is 0.0441. The summed E-state index contributed by atoms with van der Waals surface area (Å²) in [6.45, 7) is 0. The minimum atomic E-state index is -3.95. The molecule has 100 valence electrons. The van der Waals surface area contributed by atoms with Gasteiger partial charge in [0.25, 0.3) is 15.7 Å². The van der Waals surface area contributed by atoms with Gasteiger partial charge >= 0.3 is 0 Å². The van der Waals surface area contributed by atoms with Gasteiger partial charge in [-0.15, -0.1) is 0 Å². The van der Waals surface area contributed by atoms with E-state index in [1.165, 1.54) is 17.4 Å². The molecule has 9 heteroatoms. The molecule has 0 bridgehead atoms. The number of hydrogen-bond donors (Lipinski definition) is 1. The van der Waals surface area contributed by atoms with E-state index in [2.05, 4.69) is 4.72 Å². The molecule has 0 fully saturated rings. The van der Waals surface area contributed by atoms with Crippen LogP contribution in [-0.4, -0.2) is 13.3 Å². The summed E-state index contributed by atoms with van der Waals surface area (Å²) in [6.07, 6.45) is 0. The summed E-state index contributed by atoms with van der Waals surface area (Å²) < 4.78 is 26.5. The molecule has 0 unspecified atom stereocenters. The van der Waals surface area contributed by atoms with Gasteiger partial charge in [-0.05, 0) is 17.5 Å². The van der Waals surface area contributed by atoms with Crippen molar-refractivity contribution in [3.05, 3.63) is 50.2 Å². The fraction of sp³-hybridized carbons (Fsp3) is 0. The summed E-state index contributed by atoms with van der Waals surface area (Å²) in [4.78, 5) is 9.65. The number of nitro benzene ring substituents is 1. The predicted molar refractivity (Wildman–Crippen MR) is 73.2 cm³/mol. The molecule has 0 amide bonds. The molecular formula is C10H7ClN2O4S2. The smallest absolute Gasteiger partial charge is 0.270 e. The highest BCUT2D eigenvalue weighted by Gasteiger charge is 2.21. The van der Waals surface area contributed by atoms with E-state index in [0.717, 1.165) is 12.1 Å². The van der Waals surface area contributed by atoms with E-state index in [1.54, 1.807) is 16.8 Å². The van der Waals surface area contributed by atoms with Gasteiger partial charge in [0.15, 0.2) is 0 Å². The Balaban J connectivity index is 2.45. The number of thiophene rings is 1. The fourth-order valence-corrected chi connectivity index (χ4v) is 3.58. The highest BCUT2D eigenvalue weighted by Crippen LogP contribution is 2.28. The second-order valence-corrected chi connectivity index (χ2v) is 6.33. The van der Waals surface area contributed by atoms with E-state index in [0.29, 0.717) is 5.69 Å². The van der Waals surface area contributed by atoms with Crippen molar-refractivity contribution in [3.63, 3.8) is 0 Å². The Kier molecular flexibility index (Phi) is 3.74. The van der Waals surface area contributed by atoms with Gasteiger partial charge < -0.3 is 0 Å². The monoisotopic (exact) mass is 318 g/mol. The molecule has 0 aliphatic heterocycles. The number of hydrogen-bond acceptors (Lipinski definition) is 5. The zero-order chi connectivity index (χ0) is 14.0. The van der Waals surface area contributed by atoms with E-state index in [9.17, 15) is 18.5 Å². The van der Waals surface area contributed by atoms with Crippen LogP contribution >= 0.6 is 22.9 Å². The third-order valence-corrected chi connectivity index (χ3v) is 4.73. The zero-order valence-electron chi connectivity index (χ0n) is 9.24. The Bertz CT molecular complexity index is 713. The van der Waals surface area contributed by atoms with Crippen LogP contribution in [0.1, 0.15) is 0 Å². The average molecular weight is 319 g/mol. The average Bonchev–Trinajstić information content (AvgIpc) is 2.81. The Labute approximate surface area is 117 Å². The van der Waals surface area contributed by atoms with Gasteiger partial charge in [-0.3, -0.25) is 14.8 Å². The van der Waals surface area contributed by atoms with Crippen molar-refractivity contribution in [3.8, 4) is 0 Å². The second-order valence-electron chi connectivity index (χ2n) is 3.49. The number of sulfonamides is 1. The first-order valence-corrected chi connectivity index (χ1v) is 7.69. The number of benzene rings is 1. The standard InChI is InChI=1S/C10H7ClN2O4S2/c11-9-2-1-8(13(14)15)5-10(9)19(16,17)12-7-3-4-18-6-7/h1-6,12H. The minimum Gasteiger partial charge on any atom is -0.279 e. The van der Waals surface area contributed by atoms with Crippen LogP contribution < -0.4 is 4.72 Å². The quantitative estimate of drug-likeness (QED) is 0.692. The van der Waals surface area contributed by atoms with Crippen molar-refractivity contribution in [1.29, 1.82) is 0 Å². The van der Waals surface area contributed by atoms with Gasteiger partial charge in [0.2, 0.25) is 0 Å². The van der Waals surface area contributed by atoms with E-state index in [-0.39, 0.29) is 15.6 Å². The molecule has 2 rings (SSSR count). The molecule has 1 aromatic heterocycles. The van der Waals surface area contributed by atoms with Gasteiger partial charge in [0.05, 0.1) is 15.6 Å². The van der Waals surface area contributed by atoms with Gasteiger partial charge in [0.1, 0.15) is 4.90 Å². The van der Waals surface area contributed by atoms with E-state index < -0.39 is 14.9 Å². The Morgan fingerprint density at radius 1 is 1.32 bits per heavy atom. The van der Waals surface area contributed by atoms with Crippen molar-refractivity contribution in [2.24, 2.45) is 0 Å². The summed E-state index contributed by atoms with van der Waals surface area (Å²) in [6, 6.07) is 4.83. The molecule has 1 N–H and O–H groups in total. The molecule has 0 radical (unpaired) electrons. The molecule has 0 spiro atoms. The molecule has 0 aliphatic rings. The summed E-state index contributed by atoms with van der Waals surface area (Å²) >= 11 is 7.11. The minimum absolute atomic E-state index is 0.0756. The molecule has 0 atom stereocenters. The molecule has 0 aliphatic carbocycles. The van der Waals surface area contributed by atoms with Crippen LogP contribution in [0.15, 0.2) is 39.9 Å². The lowest BCUT2D eigenvalue weighted by molar-refractivity contribution is -0.385. The first-order chi connectivity index (χ1) is 8.90. The number of nitrogens with zero attached hydrogens (tertiary/aromatic N) is 1. The number of nitrogens with one attached hydrogen (secondary N) is 1. The van der Waals surface area contributed by atoms with Crippen LogP contribution in [-0.2, 0) is 10.0 Å². The van der Waals surface area contributed by atoms with Crippen molar-refractivity contribution in [2.45, 2.75) is 4.90 Å². The van der Waals surface area contributed by atoms with Crippen molar-refractivity contribution < 1.29 is 13.3 Å². The summed E-state index contributed by atoms with van der Waals surface area (Å²) in [7, 11) is -3.95. The van der Waals surface area contributed by atoms with Gasteiger partial charge in [-0.2, -0.15) is 11.3 Å². The first-order valence-electron chi connectivity index (χ1n) is 4.89. The molecule has 0 saturated heterocycles. The van der Waals surface area contributed by atoms with Crippen molar-refractivity contribution in [1.82, 2.24) is 0 Å². The zero-order valence-corrected chi connectivity index (χ0v) is 11.6. The maximum atomic E-state index is 12.1. The lowest BCUT2D eigenvalue weighted by Gasteiger charge is -2.07. The lowest BCUT2D eigenvalue weighted by atomic mass is 10.3. The fourth-order valence-electron chi connectivity index (χ4n) is 1.34. The SMILES string of the molecule is O=[N+]([O-])c1ccc(Cl)c(S(=O)(=O)Nc2ccsc2)c1. The van der Waals surface area contributed by atoms with Gasteiger partial charge in [-0.25, -0.2) is 8.42 Å². The van der Waals surface area contributed by atoms with E-state index in [1.807, 2.05) is 0 Å². The van der Waals surface area contributed by atoms with Gasteiger partial charge in [0, 0.05) is 17.5 Å². The van der Waals surface area contributed by atoms with E-state index >= 15 is 0 Å². The van der Waals surface area contributed by atoms with Crippen LogP contribution in [0.2, 0.25) is 5.02 Å². The van der Waals surface area contributed by atoms with Crippen molar-refractivity contribution >= 4 is 44.3 Å². The van der Waals surface area contributed by atoms with Crippen LogP contribution in [0.5, 0.6) is 0 Å². The molecule has 1 heterocycles. The van der Waals surface area contributed by atoms with Gasteiger partial charge in [-0.1, -0.05) is 11.6 Å². The van der Waals surface area contributed by atoms with Crippen molar-refractivity contribution in [2.75, 3.05) is 4.72 Å². The highest BCUT2D eigenvalue weighted by atomic mass is 35.5. The number of rotatable bonds is 4. The lowest BCUT2D eigenvalue weighted by Crippen LogP contribution is -2.13. The molecule has 2 aromatic rings. The van der Waals surface area contributed by atoms with Crippen LogP contribution in [0.25, 0.3) is 0 Å². The van der Waals surface area contributed by atoms with Crippen LogP contribution in [0, 0.1) is 10.1 Å². The molecule has 1 aromatic carbocycles.